The van der Waals surface area contributed by atoms with Crippen molar-refractivity contribution in [2.45, 2.75) is 38.4 Å². The molecular weight excluding hydrogens is 226 g/mol. The van der Waals surface area contributed by atoms with E-state index in [-0.39, 0.29) is 0 Å². The fourth-order valence-electron chi connectivity index (χ4n) is 2.43. The van der Waals surface area contributed by atoms with Crippen molar-refractivity contribution in [3.8, 4) is 6.07 Å². The molecule has 18 heavy (non-hydrogen) atoms. The van der Waals surface area contributed by atoms with Gasteiger partial charge in [0.1, 0.15) is 0 Å². The van der Waals surface area contributed by atoms with Gasteiger partial charge in [-0.3, -0.25) is 0 Å². The van der Waals surface area contributed by atoms with E-state index in [9.17, 15) is 0 Å². The summed E-state index contributed by atoms with van der Waals surface area (Å²) in [7, 11) is 0. The molecule has 1 aliphatic rings. The monoisotopic (exact) mass is 245 g/mol. The first-order valence-electron chi connectivity index (χ1n) is 6.53. The van der Waals surface area contributed by atoms with Crippen molar-refractivity contribution in [3.63, 3.8) is 0 Å². The molecule has 1 saturated carbocycles. The Hall–Kier alpha value is -1.37. The zero-order valence-electron chi connectivity index (χ0n) is 10.5. The molecule has 0 bridgehead atoms. The zero-order valence-corrected chi connectivity index (χ0v) is 10.5. The lowest BCUT2D eigenvalue weighted by Gasteiger charge is -2.27. The number of nitrogens with zero attached hydrogens (tertiary/aromatic N) is 1. The molecule has 0 heterocycles. The average Bonchev–Trinajstić information content (AvgIpc) is 2.46. The highest BCUT2D eigenvalue weighted by atomic mass is 16.5. The quantitative estimate of drug-likeness (QED) is 0.887. The third-order valence-corrected chi connectivity index (χ3v) is 3.59. The van der Waals surface area contributed by atoms with E-state index in [0.717, 1.165) is 31.2 Å². The minimum Gasteiger partial charge on any atom is -0.396 e. The summed E-state index contributed by atoms with van der Waals surface area (Å²) in [5, 5.41) is 17.9. The highest BCUT2D eigenvalue weighted by Gasteiger charge is 2.20. The molecule has 0 saturated heterocycles. The van der Waals surface area contributed by atoms with Crippen LogP contribution in [0.15, 0.2) is 24.3 Å². The smallest absolute Gasteiger partial charge is 0.0991 e. The maximum absolute atomic E-state index is 9.07. The van der Waals surface area contributed by atoms with Gasteiger partial charge in [0.2, 0.25) is 0 Å². The Bertz CT molecular complexity index is 417. The molecule has 0 spiro atoms. The van der Waals surface area contributed by atoms with Crippen LogP contribution >= 0.6 is 0 Å². The van der Waals surface area contributed by atoms with Crippen LogP contribution < -0.4 is 0 Å². The lowest BCUT2D eigenvalue weighted by atomic mass is 9.88. The Morgan fingerprint density at radius 2 is 2.06 bits per heavy atom. The number of aliphatic hydroxyl groups excluding tert-OH is 1. The summed E-state index contributed by atoms with van der Waals surface area (Å²) < 4.78 is 5.87. The van der Waals surface area contributed by atoms with Gasteiger partial charge in [-0.25, -0.2) is 0 Å². The van der Waals surface area contributed by atoms with E-state index in [2.05, 4.69) is 6.07 Å². The number of aliphatic hydroxyl groups is 1. The largest absolute Gasteiger partial charge is 0.396 e. The van der Waals surface area contributed by atoms with Crippen LogP contribution in [0, 0.1) is 17.2 Å². The molecule has 1 N–H and O–H groups in total. The van der Waals surface area contributed by atoms with Gasteiger partial charge in [-0.1, -0.05) is 12.1 Å². The molecule has 2 rings (SSSR count). The van der Waals surface area contributed by atoms with E-state index in [0.29, 0.717) is 30.8 Å². The summed E-state index contributed by atoms with van der Waals surface area (Å²) in [5.74, 6) is 0.465. The van der Waals surface area contributed by atoms with E-state index in [4.69, 9.17) is 15.1 Å². The van der Waals surface area contributed by atoms with Gasteiger partial charge >= 0.3 is 0 Å². The predicted octanol–water partition coefficient (Wildman–Crippen LogP) is 2.63. The Balaban J connectivity index is 1.80. The van der Waals surface area contributed by atoms with Gasteiger partial charge in [-0.05, 0) is 49.3 Å². The summed E-state index contributed by atoms with van der Waals surface area (Å²) in [6, 6.07) is 9.69. The van der Waals surface area contributed by atoms with Gasteiger partial charge in [0.05, 0.1) is 24.3 Å². The van der Waals surface area contributed by atoms with Crippen molar-refractivity contribution in [1.82, 2.24) is 0 Å². The van der Waals surface area contributed by atoms with E-state index in [1.54, 1.807) is 6.07 Å². The molecule has 1 aliphatic carbocycles. The first-order chi connectivity index (χ1) is 8.81. The molecule has 3 nitrogen and oxygen atoms in total. The predicted molar refractivity (Wildman–Crippen MR) is 68.8 cm³/mol. The molecule has 96 valence electrons. The van der Waals surface area contributed by atoms with Crippen LogP contribution in [0.1, 0.15) is 36.8 Å². The topological polar surface area (TPSA) is 53.2 Å². The highest BCUT2D eigenvalue weighted by Crippen LogP contribution is 2.26. The van der Waals surface area contributed by atoms with Crippen LogP contribution in [-0.4, -0.2) is 17.8 Å². The van der Waals surface area contributed by atoms with Gasteiger partial charge in [0, 0.05) is 6.61 Å². The van der Waals surface area contributed by atoms with Crippen LogP contribution in [-0.2, 0) is 11.3 Å². The minimum atomic E-state index is 0.303. The third-order valence-electron chi connectivity index (χ3n) is 3.59. The van der Waals surface area contributed by atoms with Crippen LogP contribution in [0.2, 0.25) is 0 Å². The number of ether oxygens (including phenoxy) is 1. The number of hydrogen-bond donors (Lipinski definition) is 1. The van der Waals surface area contributed by atoms with Gasteiger partial charge in [0.15, 0.2) is 0 Å². The number of nitriles is 1. The van der Waals surface area contributed by atoms with Crippen molar-refractivity contribution in [3.05, 3.63) is 35.4 Å². The summed E-state index contributed by atoms with van der Waals surface area (Å²) in [6.07, 6.45) is 4.48. The lowest BCUT2D eigenvalue weighted by Crippen LogP contribution is -2.23. The highest BCUT2D eigenvalue weighted by molar-refractivity contribution is 5.32. The number of benzene rings is 1. The zero-order chi connectivity index (χ0) is 12.8. The van der Waals surface area contributed by atoms with Crippen molar-refractivity contribution >= 4 is 0 Å². The Kier molecular flexibility index (Phi) is 4.74. The van der Waals surface area contributed by atoms with E-state index in [1.165, 1.54) is 0 Å². The normalized spacial score (nSPS) is 23.6. The second-order valence-electron chi connectivity index (χ2n) is 4.95. The third kappa shape index (κ3) is 3.56. The minimum absolute atomic E-state index is 0.303. The van der Waals surface area contributed by atoms with Gasteiger partial charge in [-0.2, -0.15) is 5.26 Å². The Labute approximate surface area is 108 Å². The second kappa shape index (κ2) is 6.53. The van der Waals surface area contributed by atoms with Crippen molar-refractivity contribution in [1.29, 1.82) is 5.26 Å². The maximum Gasteiger partial charge on any atom is 0.0991 e. The maximum atomic E-state index is 9.07. The second-order valence-corrected chi connectivity index (χ2v) is 4.95. The van der Waals surface area contributed by atoms with Crippen molar-refractivity contribution < 1.29 is 9.84 Å². The van der Waals surface area contributed by atoms with Gasteiger partial charge < -0.3 is 9.84 Å². The summed E-state index contributed by atoms with van der Waals surface area (Å²) >= 11 is 0. The molecular formula is C15H19NO2. The summed E-state index contributed by atoms with van der Waals surface area (Å²) in [4.78, 5) is 0. The fourth-order valence-corrected chi connectivity index (χ4v) is 2.43. The number of rotatable bonds is 4. The molecule has 0 aliphatic heterocycles. The van der Waals surface area contributed by atoms with Crippen molar-refractivity contribution in [2.75, 3.05) is 6.61 Å². The van der Waals surface area contributed by atoms with Crippen LogP contribution in [0.3, 0.4) is 0 Å². The molecule has 1 aromatic rings. The van der Waals surface area contributed by atoms with Gasteiger partial charge in [-0.15, -0.1) is 0 Å². The Morgan fingerprint density at radius 3 is 2.72 bits per heavy atom. The van der Waals surface area contributed by atoms with Crippen molar-refractivity contribution in [2.24, 2.45) is 5.92 Å². The fraction of sp³-hybridized carbons (Fsp3) is 0.533. The molecule has 0 amide bonds. The van der Waals surface area contributed by atoms with E-state index >= 15 is 0 Å². The summed E-state index contributed by atoms with van der Waals surface area (Å²) in [6.45, 7) is 0.876. The lowest BCUT2D eigenvalue weighted by molar-refractivity contribution is 0.00120. The molecule has 3 heteroatoms. The average molecular weight is 245 g/mol. The van der Waals surface area contributed by atoms with Crippen LogP contribution in [0.4, 0.5) is 0 Å². The van der Waals surface area contributed by atoms with E-state index < -0.39 is 0 Å². The standard InChI is InChI=1S/C15H19NO2/c16-9-13-2-1-3-14(8-13)11-18-15-6-4-12(10-17)5-7-15/h1-3,8,12,15,17H,4-7,10-11H2. The van der Waals surface area contributed by atoms with Gasteiger partial charge in [0.25, 0.3) is 0 Å². The SMILES string of the molecule is N#Cc1cccc(COC2CCC(CO)CC2)c1. The molecule has 0 aromatic heterocycles. The molecule has 1 aromatic carbocycles. The summed E-state index contributed by atoms with van der Waals surface area (Å²) in [5.41, 5.74) is 1.73. The first-order valence-corrected chi connectivity index (χ1v) is 6.53. The Morgan fingerprint density at radius 1 is 1.28 bits per heavy atom. The van der Waals surface area contributed by atoms with E-state index in [1.807, 2.05) is 18.2 Å². The molecule has 0 atom stereocenters. The molecule has 0 unspecified atom stereocenters. The molecule has 0 radical (unpaired) electrons. The number of hydrogen-bond acceptors (Lipinski definition) is 3. The molecule has 1 fully saturated rings. The van der Waals surface area contributed by atoms with Crippen LogP contribution in [0.25, 0.3) is 0 Å². The van der Waals surface area contributed by atoms with Crippen LogP contribution in [0.5, 0.6) is 0 Å². The first kappa shape index (κ1) is 13.1.